The molecule has 0 aliphatic heterocycles. The Morgan fingerprint density at radius 1 is 1.10 bits per heavy atom. The van der Waals surface area contributed by atoms with Crippen LogP contribution in [0.4, 0.5) is 0 Å². The molecule has 1 aromatic heterocycles. The molecule has 2 atom stereocenters. The minimum absolute atomic E-state index is 0.00643. The number of thiazole rings is 1. The molecule has 0 radical (unpaired) electrons. The van der Waals surface area contributed by atoms with Gasteiger partial charge in [0.2, 0.25) is 5.91 Å². The zero-order chi connectivity index (χ0) is 22.2. The second kappa shape index (κ2) is 11.3. The fourth-order valence-corrected chi connectivity index (χ4v) is 4.66. The highest BCUT2D eigenvalue weighted by Gasteiger charge is 2.28. The molecule has 1 aliphatic carbocycles. The lowest BCUT2D eigenvalue weighted by molar-refractivity contribution is -0.122. The van der Waals surface area contributed by atoms with Crippen LogP contribution in [0.25, 0.3) is 0 Å². The number of hydrogen-bond donors (Lipinski definition) is 2. The van der Waals surface area contributed by atoms with Crippen LogP contribution in [0.5, 0.6) is 5.75 Å². The summed E-state index contributed by atoms with van der Waals surface area (Å²) in [6.07, 6.45) is 6.33. The van der Waals surface area contributed by atoms with Crippen molar-refractivity contribution in [2.24, 2.45) is 0 Å². The Bertz CT molecular complexity index is 876. The largest absolute Gasteiger partial charge is 0.486 e. The lowest BCUT2D eigenvalue weighted by Gasteiger charge is -2.32. The summed E-state index contributed by atoms with van der Waals surface area (Å²) in [5.41, 5.74) is 2.71. The first-order chi connectivity index (χ1) is 14.9. The number of hydrogen-bond acceptors (Lipinski definition) is 5. The standard InChI is InChI=1S/C24H33N3O3S/c1-4-5-10-22(28)25-19-8-6-7-9-20(19)27-24(29)21-15-31-23(26-21)14-30-18-12-16(2)11-17(3)13-18/h11-13,15,19-20H,4-10,14H2,1-3H3,(H,25,28)(H,27,29)/t19-,20+/m1/s1. The number of rotatable bonds is 9. The van der Waals surface area contributed by atoms with Crippen LogP contribution in [0, 0.1) is 13.8 Å². The third-order valence-corrected chi connectivity index (χ3v) is 6.35. The molecule has 0 bridgehead atoms. The van der Waals surface area contributed by atoms with Gasteiger partial charge in [0.15, 0.2) is 0 Å². The van der Waals surface area contributed by atoms with Crippen molar-refractivity contribution in [3.63, 3.8) is 0 Å². The van der Waals surface area contributed by atoms with Crippen LogP contribution in [0.15, 0.2) is 23.6 Å². The average molecular weight is 444 g/mol. The molecular weight excluding hydrogens is 410 g/mol. The molecule has 168 valence electrons. The molecule has 31 heavy (non-hydrogen) atoms. The maximum Gasteiger partial charge on any atom is 0.271 e. The van der Waals surface area contributed by atoms with E-state index in [2.05, 4.69) is 28.6 Å². The van der Waals surface area contributed by atoms with Crippen LogP contribution in [0.1, 0.15) is 78.5 Å². The summed E-state index contributed by atoms with van der Waals surface area (Å²) in [6.45, 7) is 6.49. The number of unbranched alkanes of at least 4 members (excludes halogenated alkanes) is 1. The number of aryl methyl sites for hydroxylation is 2. The summed E-state index contributed by atoms with van der Waals surface area (Å²) in [5.74, 6) is 0.698. The van der Waals surface area contributed by atoms with Crippen LogP contribution >= 0.6 is 11.3 Å². The summed E-state index contributed by atoms with van der Waals surface area (Å²) >= 11 is 1.42. The normalized spacial score (nSPS) is 18.4. The van der Waals surface area contributed by atoms with Crippen LogP contribution in [-0.4, -0.2) is 28.9 Å². The van der Waals surface area contributed by atoms with E-state index in [1.807, 2.05) is 26.0 Å². The van der Waals surface area contributed by atoms with Crippen molar-refractivity contribution < 1.29 is 14.3 Å². The quantitative estimate of drug-likeness (QED) is 0.589. The predicted molar refractivity (Wildman–Crippen MR) is 124 cm³/mol. The molecule has 1 heterocycles. The van der Waals surface area contributed by atoms with Crippen LogP contribution < -0.4 is 15.4 Å². The molecule has 1 aliphatic rings. The maximum absolute atomic E-state index is 12.8. The highest BCUT2D eigenvalue weighted by Crippen LogP contribution is 2.21. The topological polar surface area (TPSA) is 80.3 Å². The number of aromatic nitrogens is 1. The zero-order valence-corrected chi connectivity index (χ0v) is 19.5. The fraction of sp³-hybridized carbons (Fsp3) is 0.542. The fourth-order valence-electron chi connectivity index (χ4n) is 3.98. The van der Waals surface area contributed by atoms with Gasteiger partial charge in [-0.25, -0.2) is 4.98 Å². The molecule has 0 saturated heterocycles. The van der Waals surface area contributed by atoms with Gasteiger partial charge in [-0.3, -0.25) is 9.59 Å². The molecule has 1 saturated carbocycles. The number of nitrogens with zero attached hydrogens (tertiary/aromatic N) is 1. The van der Waals surface area contributed by atoms with Crippen molar-refractivity contribution in [2.75, 3.05) is 0 Å². The third-order valence-electron chi connectivity index (χ3n) is 5.53. The molecular formula is C24H33N3O3S. The lowest BCUT2D eigenvalue weighted by atomic mass is 9.90. The third kappa shape index (κ3) is 7.06. The molecule has 1 fully saturated rings. The summed E-state index contributed by atoms with van der Waals surface area (Å²) in [5, 5.41) is 8.75. The van der Waals surface area contributed by atoms with Gasteiger partial charge in [-0.2, -0.15) is 0 Å². The van der Waals surface area contributed by atoms with E-state index < -0.39 is 0 Å². The molecule has 2 aromatic rings. The van der Waals surface area contributed by atoms with Crippen molar-refractivity contribution in [1.82, 2.24) is 15.6 Å². The average Bonchev–Trinajstić information content (AvgIpc) is 3.21. The van der Waals surface area contributed by atoms with Crippen molar-refractivity contribution in [1.29, 1.82) is 0 Å². The van der Waals surface area contributed by atoms with E-state index in [4.69, 9.17) is 4.74 Å². The highest BCUT2D eigenvalue weighted by atomic mass is 32.1. The minimum atomic E-state index is -0.186. The molecule has 1 aromatic carbocycles. The van der Waals surface area contributed by atoms with E-state index >= 15 is 0 Å². The smallest absolute Gasteiger partial charge is 0.271 e. The van der Waals surface area contributed by atoms with E-state index in [9.17, 15) is 9.59 Å². The van der Waals surface area contributed by atoms with Crippen LogP contribution in [0.2, 0.25) is 0 Å². The number of amides is 2. The first-order valence-corrected chi connectivity index (χ1v) is 12.1. The van der Waals surface area contributed by atoms with Gasteiger partial charge in [0, 0.05) is 23.9 Å². The molecule has 6 nitrogen and oxygen atoms in total. The highest BCUT2D eigenvalue weighted by molar-refractivity contribution is 7.09. The number of benzene rings is 1. The van der Waals surface area contributed by atoms with E-state index in [0.717, 1.165) is 60.4 Å². The maximum atomic E-state index is 12.8. The Morgan fingerprint density at radius 3 is 2.45 bits per heavy atom. The van der Waals surface area contributed by atoms with Gasteiger partial charge in [0.1, 0.15) is 23.1 Å². The second-order valence-electron chi connectivity index (χ2n) is 8.38. The summed E-state index contributed by atoms with van der Waals surface area (Å²) in [4.78, 5) is 29.4. The Labute approximate surface area is 188 Å². The van der Waals surface area contributed by atoms with Crippen molar-refractivity contribution in [3.8, 4) is 5.75 Å². The summed E-state index contributed by atoms with van der Waals surface area (Å²) < 4.78 is 5.86. The van der Waals surface area contributed by atoms with E-state index in [0.29, 0.717) is 18.7 Å². The van der Waals surface area contributed by atoms with Gasteiger partial charge in [-0.05, 0) is 56.4 Å². The summed E-state index contributed by atoms with van der Waals surface area (Å²) in [6, 6.07) is 6.03. The van der Waals surface area contributed by atoms with E-state index in [1.54, 1.807) is 5.38 Å². The Hall–Kier alpha value is -2.41. The van der Waals surface area contributed by atoms with E-state index in [1.165, 1.54) is 11.3 Å². The van der Waals surface area contributed by atoms with Gasteiger partial charge < -0.3 is 15.4 Å². The zero-order valence-electron chi connectivity index (χ0n) is 18.7. The Balaban J connectivity index is 1.54. The Morgan fingerprint density at radius 2 is 1.77 bits per heavy atom. The molecule has 2 N–H and O–H groups in total. The van der Waals surface area contributed by atoms with Gasteiger partial charge in [-0.15, -0.1) is 11.3 Å². The summed E-state index contributed by atoms with van der Waals surface area (Å²) in [7, 11) is 0. The number of nitrogens with one attached hydrogen (secondary N) is 2. The molecule has 7 heteroatoms. The Kier molecular flexibility index (Phi) is 8.46. The minimum Gasteiger partial charge on any atom is -0.486 e. The monoisotopic (exact) mass is 443 g/mol. The molecule has 0 spiro atoms. The molecule has 0 unspecified atom stereocenters. The van der Waals surface area contributed by atoms with Crippen molar-refractivity contribution in [2.45, 2.75) is 84.4 Å². The number of ether oxygens (including phenoxy) is 1. The number of carbonyl (C=O) groups is 2. The predicted octanol–water partition coefficient (Wildman–Crippen LogP) is 4.69. The molecule has 3 rings (SSSR count). The van der Waals surface area contributed by atoms with Gasteiger partial charge in [0.25, 0.3) is 5.91 Å². The van der Waals surface area contributed by atoms with Crippen molar-refractivity contribution in [3.05, 3.63) is 45.4 Å². The van der Waals surface area contributed by atoms with Crippen LogP contribution in [-0.2, 0) is 11.4 Å². The lowest BCUT2D eigenvalue weighted by Crippen LogP contribution is -2.53. The number of carbonyl (C=O) groups excluding carboxylic acids is 2. The van der Waals surface area contributed by atoms with Gasteiger partial charge in [0.05, 0.1) is 0 Å². The van der Waals surface area contributed by atoms with E-state index in [-0.39, 0.29) is 23.9 Å². The van der Waals surface area contributed by atoms with Gasteiger partial charge >= 0.3 is 0 Å². The molecule has 2 amide bonds. The first kappa shape index (κ1) is 23.3. The van der Waals surface area contributed by atoms with Gasteiger partial charge in [-0.1, -0.05) is 32.3 Å². The SMILES string of the molecule is CCCCC(=O)N[C@@H]1CCCC[C@@H]1NC(=O)c1csc(COc2cc(C)cc(C)c2)n1. The van der Waals surface area contributed by atoms with Crippen molar-refractivity contribution >= 4 is 23.2 Å². The first-order valence-electron chi connectivity index (χ1n) is 11.2. The second-order valence-corrected chi connectivity index (χ2v) is 9.32. The van der Waals surface area contributed by atoms with Crippen LogP contribution in [0.3, 0.4) is 0 Å².